The van der Waals surface area contributed by atoms with Gasteiger partial charge in [-0.15, -0.1) is 0 Å². The van der Waals surface area contributed by atoms with Gasteiger partial charge in [0.25, 0.3) is 0 Å². The van der Waals surface area contributed by atoms with Crippen LogP contribution in [0, 0.1) is 5.92 Å². The second kappa shape index (κ2) is 5.47. The van der Waals surface area contributed by atoms with Crippen molar-refractivity contribution < 1.29 is 18.0 Å². The number of halogens is 3. The van der Waals surface area contributed by atoms with E-state index in [1.165, 1.54) is 4.90 Å². The smallest absolute Gasteiger partial charge is 0.341 e. The molecule has 18 heavy (non-hydrogen) atoms. The number of hydrogen-bond donors (Lipinski definition) is 1. The van der Waals surface area contributed by atoms with E-state index in [9.17, 15) is 18.0 Å². The Morgan fingerprint density at radius 3 is 2.56 bits per heavy atom. The second-order valence-electron chi connectivity index (χ2n) is 5.17. The minimum Gasteiger partial charge on any atom is -0.341 e. The molecule has 0 radical (unpaired) electrons. The summed E-state index contributed by atoms with van der Waals surface area (Å²) < 4.78 is 38.0. The summed E-state index contributed by atoms with van der Waals surface area (Å²) >= 11 is 0. The van der Waals surface area contributed by atoms with Crippen LogP contribution in [0.4, 0.5) is 13.2 Å². The first-order valence-corrected chi connectivity index (χ1v) is 6.57. The van der Waals surface area contributed by atoms with Crippen LogP contribution in [-0.4, -0.2) is 42.7 Å². The fourth-order valence-corrected chi connectivity index (χ4v) is 2.73. The predicted octanol–water partition coefficient (Wildman–Crippen LogP) is 1.93. The Balaban J connectivity index is 1.93. The van der Waals surface area contributed by atoms with Crippen LogP contribution in [0.3, 0.4) is 0 Å². The molecule has 0 bridgehead atoms. The number of nitrogens with zero attached hydrogens (tertiary/aromatic N) is 1. The normalized spacial score (nSPS) is 30.3. The first-order valence-electron chi connectivity index (χ1n) is 6.57. The lowest BCUT2D eigenvalue weighted by Gasteiger charge is -2.36. The van der Waals surface area contributed by atoms with Gasteiger partial charge in [0.15, 0.2) is 0 Å². The highest BCUT2D eigenvalue weighted by atomic mass is 19.4. The number of carbonyl (C=O) groups excluding carboxylic acids is 1. The molecule has 2 aliphatic rings. The van der Waals surface area contributed by atoms with E-state index in [1.54, 1.807) is 0 Å². The molecule has 2 saturated heterocycles. The lowest BCUT2D eigenvalue weighted by molar-refractivity contribution is -0.188. The lowest BCUT2D eigenvalue weighted by Crippen LogP contribution is -2.52. The van der Waals surface area contributed by atoms with Gasteiger partial charge in [-0.2, -0.15) is 13.2 Å². The third-order valence-electron chi connectivity index (χ3n) is 3.80. The summed E-state index contributed by atoms with van der Waals surface area (Å²) in [7, 11) is 0. The molecule has 2 rings (SSSR count). The summed E-state index contributed by atoms with van der Waals surface area (Å²) in [5.41, 5.74) is 0. The number of nitrogens with one attached hydrogen (secondary N) is 1. The molecule has 0 aromatic rings. The Morgan fingerprint density at radius 1 is 1.17 bits per heavy atom. The summed E-state index contributed by atoms with van der Waals surface area (Å²) in [5.74, 6) is -1.50. The third kappa shape index (κ3) is 3.16. The number of alkyl halides is 3. The molecule has 2 fully saturated rings. The van der Waals surface area contributed by atoms with Crippen LogP contribution in [0.25, 0.3) is 0 Å². The Labute approximate surface area is 105 Å². The lowest BCUT2D eigenvalue weighted by atomic mass is 9.96. The maximum Gasteiger partial charge on any atom is 0.393 e. The molecule has 6 heteroatoms. The maximum absolute atomic E-state index is 12.7. The van der Waals surface area contributed by atoms with E-state index in [-0.39, 0.29) is 24.9 Å². The first-order chi connectivity index (χ1) is 8.48. The molecule has 0 saturated carbocycles. The maximum atomic E-state index is 12.7. The monoisotopic (exact) mass is 264 g/mol. The van der Waals surface area contributed by atoms with E-state index in [0.717, 1.165) is 25.8 Å². The van der Waals surface area contributed by atoms with Crippen molar-refractivity contribution in [1.82, 2.24) is 10.2 Å². The highest BCUT2D eigenvalue weighted by Crippen LogP contribution is 2.33. The van der Waals surface area contributed by atoms with Gasteiger partial charge in [0, 0.05) is 13.1 Å². The summed E-state index contributed by atoms with van der Waals surface area (Å²) in [5, 5.41) is 3.10. The molecule has 0 spiro atoms. The number of rotatable bonds is 1. The third-order valence-corrected chi connectivity index (χ3v) is 3.80. The molecule has 0 aromatic carbocycles. The number of carbonyl (C=O) groups is 1. The molecule has 104 valence electrons. The van der Waals surface area contributed by atoms with Crippen LogP contribution >= 0.6 is 0 Å². The van der Waals surface area contributed by atoms with E-state index in [0.29, 0.717) is 13.0 Å². The molecule has 0 unspecified atom stereocenters. The molecule has 2 atom stereocenters. The highest BCUT2D eigenvalue weighted by molar-refractivity contribution is 5.82. The molecule has 1 N–H and O–H groups in total. The average molecular weight is 264 g/mol. The van der Waals surface area contributed by atoms with Crippen molar-refractivity contribution >= 4 is 5.91 Å². The van der Waals surface area contributed by atoms with Gasteiger partial charge in [0.2, 0.25) is 5.91 Å². The average Bonchev–Trinajstić information content (AvgIpc) is 2.38. The molecule has 3 nitrogen and oxygen atoms in total. The van der Waals surface area contributed by atoms with Gasteiger partial charge in [0.1, 0.15) is 0 Å². The molecule has 0 aliphatic carbocycles. The topological polar surface area (TPSA) is 32.3 Å². The van der Waals surface area contributed by atoms with Crippen LogP contribution in [-0.2, 0) is 4.79 Å². The van der Waals surface area contributed by atoms with Crippen molar-refractivity contribution in [2.24, 2.45) is 5.92 Å². The van der Waals surface area contributed by atoms with Crippen molar-refractivity contribution in [2.75, 3.05) is 19.6 Å². The first kappa shape index (κ1) is 13.6. The zero-order valence-corrected chi connectivity index (χ0v) is 10.3. The van der Waals surface area contributed by atoms with Crippen molar-refractivity contribution in [3.63, 3.8) is 0 Å². The van der Waals surface area contributed by atoms with Crippen LogP contribution in [0.5, 0.6) is 0 Å². The molecule has 2 heterocycles. The van der Waals surface area contributed by atoms with Gasteiger partial charge in [-0.3, -0.25) is 4.79 Å². The Kier molecular flexibility index (Phi) is 4.14. The standard InChI is InChI=1S/C12H19F3N2O/c13-12(14,15)9-4-3-7-17(8-9)11(18)10-5-1-2-6-16-10/h9-10,16H,1-8H2/t9-,10+/m1/s1. The zero-order valence-electron chi connectivity index (χ0n) is 10.3. The molecule has 2 aliphatic heterocycles. The molecular weight excluding hydrogens is 245 g/mol. The molecule has 0 aromatic heterocycles. The Bertz CT molecular complexity index is 300. The van der Waals surface area contributed by atoms with Gasteiger partial charge in [-0.05, 0) is 32.2 Å². The van der Waals surface area contributed by atoms with Crippen LogP contribution in [0.1, 0.15) is 32.1 Å². The van der Waals surface area contributed by atoms with Gasteiger partial charge in [0.05, 0.1) is 12.0 Å². The van der Waals surface area contributed by atoms with E-state index >= 15 is 0 Å². The summed E-state index contributed by atoms with van der Waals surface area (Å²) in [6.07, 6.45) is -0.839. The largest absolute Gasteiger partial charge is 0.393 e. The van der Waals surface area contributed by atoms with Gasteiger partial charge >= 0.3 is 6.18 Å². The number of amides is 1. The minimum atomic E-state index is -4.18. The SMILES string of the molecule is O=C([C@@H]1CCCCN1)N1CCC[C@@H](C(F)(F)F)C1. The number of likely N-dealkylation sites (tertiary alicyclic amines) is 1. The van der Waals surface area contributed by atoms with Crippen LogP contribution in [0.2, 0.25) is 0 Å². The van der Waals surface area contributed by atoms with Crippen LogP contribution in [0.15, 0.2) is 0 Å². The van der Waals surface area contributed by atoms with Gasteiger partial charge < -0.3 is 10.2 Å². The molecule has 1 amide bonds. The van der Waals surface area contributed by atoms with Crippen molar-refractivity contribution in [3.05, 3.63) is 0 Å². The van der Waals surface area contributed by atoms with Crippen molar-refractivity contribution in [1.29, 1.82) is 0 Å². The van der Waals surface area contributed by atoms with Crippen molar-refractivity contribution in [2.45, 2.75) is 44.3 Å². The van der Waals surface area contributed by atoms with Crippen LogP contribution < -0.4 is 5.32 Å². The fourth-order valence-electron chi connectivity index (χ4n) is 2.73. The Hall–Kier alpha value is -0.780. The van der Waals surface area contributed by atoms with E-state index in [1.807, 2.05) is 0 Å². The minimum absolute atomic E-state index is 0.144. The van der Waals surface area contributed by atoms with Gasteiger partial charge in [-0.25, -0.2) is 0 Å². The van der Waals surface area contributed by atoms with Gasteiger partial charge in [-0.1, -0.05) is 6.42 Å². The summed E-state index contributed by atoms with van der Waals surface area (Å²) in [6.45, 7) is 1.08. The molecular formula is C12H19F3N2O. The summed E-state index contributed by atoms with van der Waals surface area (Å²) in [4.78, 5) is 13.5. The highest BCUT2D eigenvalue weighted by Gasteiger charge is 2.43. The van der Waals surface area contributed by atoms with E-state index < -0.39 is 12.1 Å². The number of hydrogen-bond acceptors (Lipinski definition) is 2. The second-order valence-corrected chi connectivity index (χ2v) is 5.17. The van der Waals surface area contributed by atoms with Crippen molar-refractivity contribution in [3.8, 4) is 0 Å². The quantitative estimate of drug-likeness (QED) is 0.785. The van der Waals surface area contributed by atoms with E-state index in [4.69, 9.17) is 0 Å². The zero-order chi connectivity index (χ0) is 13.2. The Morgan fingerprint density at radius 2 is 1.94 bits per heavy atom. The van der Waals surface area contributed by atoms with E-state index in [2.05, 4.69) is 5.32 Å². The number of piperidine rings is 2. The summed E-state index contributed by atoms with van der Waals surface area (Å²) in [6, 6.07) is -0.272. The fraction of sp³-hybridized carbons (Fsp3) is 0.917. The predicted molar refractivity (Wildman–Crippen MR) is 61.0 cm³/mol.